The summed E-state index contributed by atoms with van der Waals surface area (Å²) in [5, 5.41) is 0. The Balaban J connectivity index is 2.70. The molecule has 0 N–H and O–H groups in total. The van der Waals surface area contributed by atoms with Crippen molar-refractivity contribution in [3.8, 4) is 0 Å². The standard InChI is InChI=1S/C13H22O2/c1-9(2)12(14)15-13(5)8-10(3)6-7-11(13)4/h10-11H,1,6-8H2,2-5H3. The molecule has 1 aliphatic rings. The zero-order valence-electron chi connectivity index (χ0n) is 10.3. The van der Waals surface area contributed by atoms with Crippen molar-refractivity contribution in [1.29, 1.82) is 0 Å². The van der Waals surface area contributed by atoms with E-state index in [2.05, 4.69) is 20.4 Å². The summed E-state index contributed by atoms with van der Waals surface area (Å²) in [6.07, 6.45) is 3.34. The highest BCUT2D eigenvalue weighted by molar-refractivity contribution is 5.87. The molecule has 2 nitrogen and oxygen atoms in total. The predicted octanol–water partition coefficient (Wildman–Crippen LogP) is 3.32. The number of carbonyl (C=O) groups excluding carboxylic acids is 1. The molecule has 3 atom stereocenters. The van der Waals surface area contributed by atoms with Crippen LogP contribution in [-0.2, 0) is 9.53 Å². The Kier molecular flexibility index (Phi) is 3.58. The van der Waals surface area contributed by atoms with E-state index in [1.165, 1.54) is 6.42 Å². The molecular formula is C13H22O2. The minimum absolute atomic E-state index is 0.251. The first-order valence-corrected chi connectivity index (χ1v) is 5.74. The van der Waals surface area contributed by atoms with Gasteiger partial charge in [0.15, 0.2) is 0 Å². The second kappa shape index (κ2) is 4.38. The molecule has 0 saturated heterocycles. The van der Waals surface area contributed by atoms with Crippen LogP contribution in [0.25, 0.3) is 0 Å². The highest BCUT2D eigenvalue weighted by Gasteiger charge is 2.39. The maximum Gasteiger partial charge on any atom is 0.333 e. The molecule has 1 rings (SSSR count). The molecule has 0 amide bonds. The fourth-order valence-electron chi connectivity index (χ4n) is 2.28. The lowest BCUT2D eigenvalue weighted by molar-refractivity contribution is -0.164. The van der Waals surface area contributed by atoms with Crippen molar-refractivity contribution in [2.24, 2.45) is 11.8 Å². The summed E-state index contributed by atoms with van der Waals surface area (Å²) in [6.45, 7) is 11.8. The third kappa shape index (κ3) is 2.83. The lowest BCUT2D eigenvalue weighted by Gasteiger charge is -2.41. The third-order valence-corrected chi connectivity index (χ3v) is 3.56. The Bertz CT molecular complexity index is 270. The van der Waals surface area contributed by atoms with Gasteiger partial charge in [-0.15, -0.1) is 0 Å². The number of hydrogen-bond acceptors (Lipinski definition) is 2. The van der Waals surface area contributed by atoms with Gasteiger partial charge < -0.3 is 4.74 Å². The molecule has 0 radical (unpaired) electrons. The monoisotopic (exact) mass is 210 g/mol. The lowest BCUT2D eigenvalue weighted by Crippen LogP contribution is -2.43. The first-order valence-electron chi connectivity index (χ1n) is 5.74. The molecule has 0 aromatic carbocycles. The second-order valence-electron chi connectivity index (χ2n) is 5.27. The van der Waals surface area contributed by atoms with Gasteiger partial charge >= 0.3 is 5.97 Å². The summed E-state index contributed by atoms with van der Waals surface area (Å²) in [7, 11) is 0. The van der Waals surface area contributed by atoms with Gasteiger partial charge in [0.05, 0.1) is 0 Å². The molecule has 86 valence electrons. The van der Waals surface area contributed by atoms with Crippen molar-refractivity contribution in [1.82, 2.24) is 0 Å². The molecule has 0 heterocycles. The van der Waals surface area contributed by atoms with Crippen LogP contribution in [0.1, 0.15) is 47.0 Å². The average Bonchev–Trinajstić information content (AvgIpc) is 2.11. The van der Waals surface area contributed by atoms with Gasteiger partial charge in [0.2, 0.25) is 0 Å². The Labute approximate surface area is 92.7 Å². The van der Waals surface area contributed by atoms with Crippen molar-refractivity contribution in [2.45, 2.75) is 52.6 Å². The largest absolute Gasteiger partial charge is 0.456 e. The van der Waals surface area contributed by atoms with Gasteiger partial charge in [-0.2, -0.15) is 0 Å². The Morgan fingerprint density at radius 2 is 2.00 bits per heavy atom. The molecule has 0 bridgehead atoms. The van der Waals surface area contributed by atoms with Crippen LogP contribution in [0.15, 0.2) is 12.2 Å². The van der Waals surface area contributed by atoms with Crippen LogP contribution < -0.4 is 0 Å². The van der Waals surface area contributed by atoms with Gasteiger partial charge in [0.1, 0.15) is 5.60 Å². The minimum Gasteiger partial charge on any atom is -0.456 e. The second-order valence-corrected chi connectivity index (χ2v) is 5.27. The molecule has 1 saturated carbocycles. The van der Waals surface area contributed by atoms with E-state index in [0.29, 0.717) is 17.4 Å². The molecular weight excluding hydrogens is 188 g/mol. The first-order chi connectivity index (χ1) is 6.85. The molecule has 1 aliphatic carbocycles. The zero-order chi connectivity index (χ0) is 11.6. The molecule has 15 heavy (non-hydrogen) atoms. The minimum atomic E-state index is -0.298. The van der Waals surface area contributed by atoms with Crippen LogP contribution >= 0.6 is 0 Å². The first kappa shape index (κ1) is 12.3. The van der Waals surface area contributed by atoms with E-state index in [-0.39, 0.29) is 11.6 Å². The normalized spacial score (nSPS) is 36.0. The quantitative estimate of drug-likeness (QED) is 0.516. The van der Waals surface area contributed by atoms with Crippen LogP contribution in [0.4, 0.5) is 0 Å². The van der Waals surface area contributed by atoms with Crippen molar-refractivity contribution < 1.29 is 9.53 Å². The van der Waals surface area contributed by atoms with Crippen molar-refractivity contribution in [2.75, 3.05) is 0 Å². The Morgan fingerprint density at radius 3 is 2.53 bits per heavy atom. The van der Waals surface area contributed by atoms with Crippen LogP contribution in [0, 0.1) is 11.8 Å². The number of hydrogen-bond donors (Lipinski definition) is 0. The van der Waals surface area contributed by atoms with E-state index in [1.54, 1.807) is 6.92 Å². The van der Waals surface area contributed by atoms with Crippen LogP contribution in [0.5, 0.6) is 0 Å². The topological polar surface area (TPSA) is 26.3 Å². The molecule has 0 aromatic heterocycles. The highest BCUT2D eigenvalue weighted by Crippen LogP contribution is 2.39. The summed E-state index contributed by atoms with van der Waals surface area (Å²) in [5.74, 6) is 0.833. The number of carbonyl (C=O) groups is 1. The predicted molar refractivity (Wildman–Crippen MR) is 61.5 cm³/mol. The average molecular weight is 210 g/mol. The molecule has 3 unspecified atom stereocenters. The smallest absolute Gasteiger partial charge is 0.333 e. The number of ether oxygens (including phenoxy) is 1. The molecule has 0 aliphatic heterocycles. The van der Waals surface area contributed by atoms with Crippen LogP contribution in [0.3, 0.4) is 0 Å². The molecule has 2 heteroatoms. The van der Waals surface area contributed by atoms with E-state index < -0.39 is 0 Å². The summed E-state index contributed by atoms with van der Waals surface area (Å²) < 4.78 is 5.58. The van der Waals surface area contributed by atoms with Crippen LogP contribution in [0.2, 0.25) is 0 Å². The highest BCUT2D eigenvalue weighted by atomic mass is 16.6. The SMILES string of the molecule is C=C(C)C(=O)OC1(C)CC(C)CCC1C. The van der Waals surface area contributed by atoms with Gasteiger partial charge in [-0.3, -0.25) is 0 Å². The summed E-state index contributed by atoms with van der Waals surface area (Å²) in [6, 6.07) is 0. The van der Waals surface area contributed by atoms with Crippen molar-refractivity contribution in [3.63, 3.8) is 0 Å². The van der Waals surface area contributed by atoms with E-state index in [1.807, 2.05) is 6.92 Å². The van der Waals surface area contributed by atoms with Crippen LogP contribution in [-0.4, -0.2) is 11.6 Å². The van der Waals surface area contributed by atoms with Gasteiger partial charge in [0, 0.05) is 5.57 Å². The van der Waals surface area contributed by atoms with E-state index in [0.717, 1.165) is 12.8 Å². The Morgan fingerprint density at radius 1 is 1.40 bits per heavy atom. The van der Waals surface area contributed by atoms with Gasteiger partial charge in [0.25, 0.3) is 0 Å². The summed E-state index contributed by atoms with van der Waals surface area (Å²) in [5.41, 5.74) is 0.190. The molecule has 1 fully saturated rings. The zero-order valence-corrected chi connectivity index (χ0v) is 10.3. The Hall–Kier alpha value is -0.790. The van der Waals surface area contributed by atoms with Gasteiger partial charge in [-0.25, -0.2) is 4.79 Å². The van der Waals surface area contributed by atoms with E-state index in [4.69, 9.17) is 4.74 Å². The fraction of sp³-hybridized carbons (Fsp3) is 0.769. The number of esters is 1. The summed E-state index contributed by atoms with van der Waals surface area (Å²) >= 11 is 0. The maximum absolute atomic E-state index is 11.5. The van der Waals surface area contributed by atoms with E-state index >= 15 is 0 Å². The maximum atomic E-state index is 11.5. The summed E-state index contributed by atoms with van der Waals surface area (Å²) in [4.78, 5) is 11.5. The number of rotatable bonds is 2. The third-order valence-electron chi connectivity index (χ3n) is 3.56. The van der Waals surface area contributed by atoms with Gasteiger partial charge in [-0.1, -0.05) is 26.8 Å². The van der Waals surface area contributed by atoms with Crippen molar-refractivity contribution in [3.05, 3.63) is 12.2 Å². The molecule has 0 spiro atoms. The lowest BCUT2D eigenvalue weighted by atomic mass is 9.73. The van der Waals surface area contributed by atoms with Crippen molar-refractivity contribution >= 4 is 5.97 Å². The molecule has 0 aromatic rings. The fourth-order valence-corrected chi connectivity index (χ4v) is 2.28. The van der Waals surface area contributed by atoms with Gasteiger partial charge in [-0.05, 0) is 38.5 Å². The van der Waals surface area contributed by atoms with E-state index in [9.17, 15) is 4.79 Å².